The number of hydrazine groups is 1. The van der Waals surface area contributed by atoms with Gasteiger partial charge in [0.25, 0.3) is 0 Å². The third-order valence-electron chi connectivity index (χ3n) is 13.5. The van der Waals surface area contributed by atoms with E-state index in [1.807, 2.05) is 6.08 Å². The average Bonchev–Trinajstić information content (AvgIpc) is 3.40. The second kappa shape index (κ2) is 9.76. The molecule has 1 heterocycles. The van der Waals surface area contributed by atoms with Gasteiger partial charge in [-0.3, -0.25) is 30.0 Å². The minimum atomic E-state index is -0.703. The highest BCUT2D eigenvalue weighted by Gasteiger charge is 2.71. The van der Waals surface area contributed by atoms with E-state index < -0.39 is 10.8 Å². The maximum Gasteiger partial charge on any atom is 0.302 e. The Morgan fingerprint density at radius 1 is 1.00 bits per heavy atom. The van der Waals surface area contributed by atoms with E-state index in [1.54, 1.807) is 6.20 Å². The van der Waals surface area contributed by atoms with Gasteiger partial charge in [-0.25, -0.2) is 0 Å². The Labute approximate surface area is 260 Å². The Kier molecular flexibility index (Phi) is 6.89. The van der Waals surface area contributed by atoms with Gasteiger partial charge in [0.1, 0.15) is 12.4 Å². The summed E-state index contributed by atoms with van der Waals surface area (Å²) < 4.78 is 11.5. The Hall–Kier alpha value is -2.97. The van der Waals surface area contributed by atoms with Crippen molar-refractivity contribution in [2.45, 2.75) is 112 Å². The second-order valence-electron chi connectivity index (χ2n) is 16.5. The molecule has 5 aliphatic carbocycles. The normalized spacial score (nSPS) is 41.9. The number of nitrogens with one attached hydrogen (secondary N) is 2. The van der Waals surface area contributed by atoms with E-state index in [0.717, 1.165) is 43.4 Å². The lowest BCUT2D eigenvalue weighted by Gasteiger charge is -2.69. The fourth-order valence-electron chi connectivity index (χ4n) is 11.2. The Morgan fingerprint density at radius 3 is 2.39 bits per heavy atom. The topological polar surface area (TPSA) is 128 Å². The molecule has 240 valence electrons. The van der Waals surface area contributed by atoms with Crippen molar-refractivity contribution in [3.63, 3.8) is 0 Å². The van der Waals surface area contributed by atoms with Crippen LogP contribution in [0, 0.1) is 44.8 Å². The van der Waals surface area contributed by atoms with Gasteiger partial charge in [0.2, 0.25) is 11.8 Å². The summed E-state index contributed by atoms with van der Waals surface area (Å²) >= 11 is 0. The monoisotopic (exact) mass is 607 g/mol. The molecule has 2 N–H and O–H groups in total. The SMILES string of the molecule is CC(=O)NNC(=O)[C@]12CCC(C)(C)C[C@H]1[C@H]1C(=O)C=C3[C@@]4(C)Cc5cnoc5[C@@](C)(COC(C)=O)[C@@H]4CC[C@@]3(C)[C@]1(C)CC2. The van der Waals surface area contributed by atoms with Crippen molar-refractivity contribution in [1.29, 1.82) is 0 Å². The average molecular weight is 608 g/mol. The summed E-state index contributed by atoms with van der Waals surface area (Å²) in [5.41, 5.74) is 5.18. The standard InChI is InChI=1S/C35H49N3O6/c1-20(39)37-38-29(42)35-13-11-30(3,4)17-23(35)27-24(41)15-26-31(5)16-22-18-36-44-28(22)32(6,19-43-21(2)40)25(31)9-10-33(26,7)34(27,8)12-14-35/h15,18,23,25,27H,9-14,16-17,19H2,1-8H3,(H,37,39)(H,38,42)/t23-,25+,27-,31-,32-,33+,34+,35-/m0/s1. The van der Waals surface area contributed by atoms with Crippen LogP contribution < -0.4 is 10.9 Å². The van der Waals surface area contributed by atoms with Gasteiger partial charge in [-0.15, -0.1) is 0 Å². The highest BCUT2D eigenvalue weighted by molar-refractivity contribution is 5.97. The minimum Gasteiger partial charge on any atom is -0.465 e. The molecule has 0 unspecified atom stereocenters. The molecule has 0 radical (unpaired) electrons. The number of allylic oxidation sites excluding steroid dienone is 2. The number of esters is 1. The number of aromatic nitrogens is 1. The van der Waals surface area contributed by atoms with E-state index in [1.165, 1.54) is 19.4 Å². The Balaban J connectivity index is 1.46. The van der Waals surface area contributed by atoms with Crippen LogP contribution in [0.2, 0.25) is 0 Å². The molecule has 0 bridgehead atoms. The Morgan fingerprint density at radius 2 is 1.70 bits per heavy atom. The molecule has 0 spiro atoms. The van der Waals surface area contributed by atoms with Crippen LogP contribution in [0.1, 0.15) is 112 Å². The molecule has 6 rings (SSSR count). The van der Waals surface area contributed by atoms with E-state index in [0.29, 0.717) is 19.3 Å². The van der Waals surface area contributed by atoms with Gasteiger partial charge >= 0.3 is 5.97 Å². The summed E-state index contributed by atoms with van der Waals surface area (Å²) in [6, 6.07) is 0. The summed E-state index contributed by atoms with van der Waals surface area (Å²) in [4.78, 5) is 52.4. The largest absolute Gasteiger partial charge is 0.465 e. The lowest BCUT2D eigenvalue weighted by Crippen LogP contribution is -2.67. The van der Waals surface area contributed by atoms with E-state index in [2.05, 4.69) is 57.6 Å². The maximum absolute atomic E-state index is 14.7. The fourth-order valence-corrected chi connectivity index (χ4v) is 11.2. The molecule has 3 saturated carbocycles. The first-order valence-corrected chi connectivity index (χ1v) is 16.3. The molecule has 9 nitrogen and oxygen atoms in total. The van der Waals surface area contributed by atoms with Gasteiger partial charge in [0, 0.05) is 25.3 Å². The number of nitrogens with zero attached hydrogens (tertiary/aromatic N) is 1. The second-order valence-corrected chi connectivity index (χ2v) is 16.5. The maximum atomic E-state index is 14.7. The third-order valence-corrected chi connectivity index (χ3v) is 13.5. The molecule has 5 aliphatic rings. The summed E-state index contributed by atoms with van der Waals surface area (Å²) in [5, 5.41) is 4.17. The van der Waals surface area contributed by atoms with Crippen molar-refractivity contribution < 1.29 is 28.4 Å². The van der Waals surface area contributed by atoms with Gasteiger partial charge in [-0.2, -0.15) is 0 Å². The van der Waals surface area contributed by atoms with E-state index in [4.69, 9.17) is 9.26 Å². The molecule has 0 aliphatic heterocycles. The molecule has 2 amide bonds. The number of hydrogen-bond donors (Lipinski definition) is 2. The number of hydrogen-bond acceptors (Lipinski definition) is 7. The van der Waals surface area contributed by atoms with E-state index in [9.17, 15) is 19.2 Å². The number of carbonyl (C=O) groups is 4. The van der Waals surface area contributed by atoms with E-state index in [-0.39, 0.29) is 69.6 Å². The number of fused-ring (bicyclic) bond motifs is 8. The summed E-state index contributed by atoms with van der Waals surface area (Å²) in [6.45, 7) is 16.6. The molecule has 9 heteroatoms. The summed E-state index contributed by atoms with van der Waals surface area (Å²) in [7, 11) is 0. The van der Waals surface area contributed by atoms with Crippen molar-refractivity contribution >= 4 is 23.6 Å². The number of rotatable bonds is 3. The van der Waals surface area contributed by atoms with Gasteiger partial charge in [0.05, 0.1) is 17.0 Å². The van der Waals surface area contributed by atoms with Gasteiger partial charge in [-0.1, -0.05) is 45.3 Å². The number of amides is 2. The Bertz CT molecular complexity index is 1460. The van der Waals surface area contributed by atoms with Crippen LogP contribution >= 0.6 is 0 Å². The van der Waals surface area contributed by atoms with Crippen molar-refractivity contribution in [3.05, 3.63) is 29.2 Å². The zero-order chi connectivity index (χ0) is 32.1. The molecule has 44 heavy (non-hydrogen) atoms. The van der Waals surface area contributed by atoms with Crippen molar-refractivity contribution in [2.24, 2.45) is 44.8 Å². The quantitative estimate of drug-likeness (QED) is 0.349. The smallest absolute Gasteiger partial charge is 0.302 e. The summed E-state index contributed by atoms with van der Waals surface area (Å²) in [6.07, 6.45) is 10.1. The number of carbonyl (C=O) groups excluding carboxylic acids is 4. The van der Waals surface area contributed by atoms with Gasteiger partial charge in [0.15, 0.2) is 5.78 Å². The molecular formula is C35H49N3O6. The number of ether oxygens (including phenoxy) is 1. The zero-order valence-corrected chi connectivity index (χ0v) is 27.6. The van der Waals surface area contributed by atoms with Crippen LogP contribution in [0.4, 0.5) is 0 Å². The predicted molar refractivity (Wildman–Crippen MR) is 163 cm³/mol. The first-order chi connectivity index (χ1) is 20.4. The first-order valence-electron chi connectivity index (χ1n) is 16.3. The molecule has 8 atom stereocenters. The molecular weight excluding hydrogens is 558 g/mol. The highest BCUT2D eigenvalue weighted by Crippen LogP contribution is 2.74. The highest BCUT2D eigenvalue weighted by atomic mass is 16.5. The first kappa shape index (κ1) is 31.0. The van der Waals surface area contributed by atoms with Crippen LogP contribution in [-0.2, 0) is 35.8 Å². The van der Waals surface area contributed by atoms with Crippen LogP contribution in [0.5, 0.6) is 0 Å². The van der Waals surface area contributed by atoms with Crippen molar-refractivity contribution in [2.75, 3.05) is 6.61 Å². The molecule has 0 aromatic carbocycles. The number of ketones is 1. The molecule has 1 aromatic heterocycles. The molecule has 3 fully saturated rings. The van der Waals surface area contributed by atoms with Gasteiger partial charge < -0.3 is 9.26 Å². The van der Waals surface area contributed by atoms with Crippen molar-refractivity contribution in [1.82, 2.24) is 16.0 Å². The minimum absolute atomic E-state index is 0.00208. The lowest BCUT2D eigenvalue weighted by atomic mass is 9.34. The van der Waals surface area contributed by atoms with Crippen LogP contribution in [0.25, 0.3) is 0 Å². The molecule has 0 saturated heterocycles. The third kappa shape index (κ3) is 4.12. The lowest BCUT2D eigenvalue weighted by molar-refractivity contribution is -0.180. The zero-order valence-electron chi connectivity index (χ0n) is 27.6. The summed E-state index contributed by atoms with van der Waals surface area (Å²) in [5.74, 6) is -0.231. The van der Waals surface area contributed by atoms with Crippen LogP contribution in [0.15, 0.2) is 22.4 Å². The van der Waals surface area contributed by atoms with Crippen LogP contribution in [0.3, 0.4) is 0 Å². The van der Waals surface area contributed by atoms with Crippen LogP contribution in [-0.4, -0.2) is 35.3 Å². The predicted octanol–water partition coefficient (Wildman–Crippen LogP) is 5.38. The van der Waals surface area contributed by atoms with Gasteiger partial charge in [-0.05, 0) is 97.9 Å². The van der Waals surface area contributed by atoms with E-state index >= 15 is 0 Å². The fraction of sp³-hybridized carbons (Fsp3) is 0.743. The van der Waals surface area contributed by atoms with Crippen molar-refractivity contribution in [3.8, 4) is 0 Å². The molecule has 1 aromatic rings.